The number of rotatable bonds is 7. The van der Waals surface area contributed by atoms with Crippen LogP contribution in [0.2, 0.25) is 0 Å². The number of anilines is 2. The van der Waals surface area contributed by atoms with Crippen LogP contribution in [0.3, 0.4) is 0 Å². The lowest BCUT2D eigenvalue weighted by Crippen LogP contribution is -2.34. The van der Waals surface area contributed by atoms with Gasteiger partial charge in [0.25, 0.3) is 11.8 Å². The maximum atomic E-state index is 12.1. The summed E-state index contributed by atoms with van der Waals surface area (Å²) in [6, 6.07) is 7.52. The number of nitrogens with one attached hydrogen (secondary N) is 2. The van der Waals surface area contributed by atoms with Crippen LogP contribution in [-0.4, -0.2) is 41.5 Å². The summed E-state index contributed by atoms with van der Waals surface area (Å²) in [6.07, 6.45) is 1.26. The second-order valence-electron chi connectivity index (χ2n) is 5.52. The van der Waals surface area contributed by atoms with Gasteiger partial charge in [0.1, 0.15) is 5.70 Å². The maximum Gasteiger partial charge on any atom is 0.277 e. The SMILES string of the molecule is CC(C)CNc1ccccc1NC1=CC(=O)N(CCO)C1=O. The minimum atomic E-state index is -0.419. The van der Waals surface area contributed by atoms with Crippen LogP contribution < -0.4 is 10.6 Å². The zero-order chi connectivity index (χ0) is 16.1. The molecule has 118 valence electrons. The van der Waals surface area contributed by atoms with Crippen molar-refractivity contribution in [2.24, 2.45) is 5.92 Å². The molecule has 0 saturated heterocycles. The van der Waals surface area contributed by atoms with Crippen molar-refractivity contribution in [3.8, 4) is 0 Å². The van der Waals surface area contributed by atoms with Gasteiger partial charge in [0.05, 0.1) is 24.5 Å². The molecule has 0 atom stereocenters. The number of nitrogens with zero attached hydrogens (tertiary/aromatic N) is 1. The number of aliphatic hydroxyl groups is 1. The molecule has 1 aliphatic heterocycles. The Hall–Kier alpha value is -2.34. The Morgan fingerprint density at radius 3 is 2.50 bits per heavy atom. The van der Waals surface area contributed by atoms with E-state index in [0.717, 1.165) is 22.8 Å². The highest BCUT2D eigenvalue weighted by Crippen LogP contribution is 2.25. The molecule has 0 fully saturated rings. The third kappa shape index (κ3) is 3.65. The summed E-state index contributed by atoms with van der Waals surface area (Å²) < 4.78 is 0. The number of para-hydroxylation sites is 2. The lowest BCUT2D eigenvalue weighted by molar-refractivity contribution is -0.137. The van der Waals surface area contributed by atoms with E-state index in [2.05, 4.69) is 24.5 Å². The Morgan fingerprint density at radius 2 is 1.86 bits per heavy atom. The summed E-state index contributed by atoms with van der Waals surface area (Å²) in [5.41, 5.74) is 1.83. The van der Waals surface area contributed by atoms with E-state index in [0.29, 0.717) is 5.92 Å². The van der Waals surface area contributed by atoms with Crippen LogP contribution in [0.5, 0.6) is 0 Å². The first-order valence-electron chi connectivity index (χ1n) is 7.31. The van der Waals surface area contributed by atoms with Crippen LogP contribution in [-0.2, 0) is 9.59 Å². The van der Waals surface area contributed by atoms with Gasteiger partial charge in [-0.1, -0.05) is 26.0 Å². The van der Waals surface area contributed by atoms with Crippen molar-refractivity contribution in [3.05, 3.63) is 36.0 Å². The molecule has 1 aromatic rings. The third-order valence-electron chi connectivity index (χ3n) is 3.23. The molecule has 0 aromatic heterocycles. The molecule has 6 heteroatoms. The zero-order valence-corrected chi connectivity index (χ0v) is 12.8. The van der Waals surface area contributed by atoms with E-state index in [-0.39, 0.29) is 18.8 Å². The molecule has 0 saturated carbocycles. The number of hydrogen-bond acceptors (Lipinski definition) is 5. The highest BCUT2D eigenvalue weighted by molar-refractivity contribution is 6.17. The Morgan fingerprint density at radius 1 is 1.18 bits per heavy atom. The molecule has 3 N–H and O–H groups in total. The summed E-state index contributed by atoms with van der Waals surface area (Å²) in [6.45, 7) is 4.79. The number of β-amino-alcohol motifs (C(OH)–C–C–N with tert-alkyl or cyclic N) is 1. The molecule has 2 amide bonds. The molecule has 0 unspecified atom stereocenters. The smallest absolute Gasteiger partial charge is 0.277 e. The molecule has 0 radical (unpaired) electrons. The topological polar surface area (TPSA) is 81.7 Å². The summed E-state index contributed by atoms with van der Waals surface area (Å²) in [5.74, 6) is -0.339. The third-order valence-corrected chi connectivity index (χ3v) is 3.23. The van der Waals surface area contributed by atoms with E-state index < -0.39 is 11.8 Å². The summed E-state index contributed by atoms with van der Waals surface area (Å²) in [5, 5.41) is 15.2. The van der Waals surface area contributed by atoms with Crippen LogP contribution in [0.15, 0.2) is 36.0 Å². The van der Waals surface area contributed by atoms with Crippen LogP contribution in [0.4, 0.5) is 11.4 Å². The second-order valence-corrected chi connectivity index (χ2v) is 5.52. The van der Waals surface area contributed by atoms with Gasteiger partial charge in [-0.3, -0.25) is 14.5 Å². The van der Waals surface area contributed by atoms with E-state index >= 15 is 0 Å². The molecule has 1 aliphatic rings. The van der Waals surface area contributed by atoms with Gasteiger partial charge in [-0.15, -0.1) is 0 Å². The van der Waals surface area contributed by atoms with Crippen LogP contribution in [0, 0.1) is 5.92 Å². The van der Waals surface area contributed by atoms with Crippen molar-refractivity contribution in [3.63, 3.8) is 0 Å². The Labute approximate surface area is 129 Å². The van der Waals surface area contributed by atoms with Crippen LogP contribution in [0.25, 0.3) is 0 Å². The molecule has 1 aromatic carbocycles. The average molecular weight is 303 g/mol. The number of imide groups is 1. The summed E-state index contributed by atoms with van der Waals surface area (Å²) >= 11 is 0. The van der Waals surface area contributed by atoms with Crippen molar-refractivity contribution >= 4 is 23.2 Å². The molecule has 0 spiro atoms. The molecule has 22 heavy (non-hydrogen) atoms. The Kier molecular flexibility index (Phi) is 5.16. The van der Waals surface area contributed by atoms with Crippen molar-refractivity contribution in [2.75, 3.05) is 30.3 Å². The number of hydrogen-bond donors (Lipinski definition) is 3. The Bertz CT molecular complexity index is 596. The fourth-order valence-electron chi connectivity index (χ4n) is 2.12. The summed E-state index contributed by atoms with van der Waals surface area (Å²) in [7, 11) is 0. The van der Waals surface area contributed by atoms with Gasteiger partial charge in [-0.05, 0) is 18.1 Å². The van der Waals surface area contributed by atoms with E-state index in [1.807, 2.05) is 24.3 Å². The fraction of sp³-hybridized carbons (Fsp3) is 0.375. The van der Waals surface area contributed by atoms with E-state index in [4.69, 9.17) is 5.11 Å². The normalized spacial score (nSPS) is 14.5. The van der Waals surface area contributed by atoms with Gasteiger partial charge >= 0.3 is 0 Å². The van der Waals surface area contributed by atoms with Crippen LogP contribution in [0.1, 0.15) is 13.8 Å². The quantitative estimate of drug-likeness (QED) is 0.664. The average Bonchev–Trinajstić information content (AvgIpc) is 2.74. The lowest BCUT2D eigenvalue weighted by atomic mass is 10.2. The molecular weight excluding hydrogens is 282 g/mol. The standard InChI is InChI=1S/C16H21N3O3/c1-11(2)10-17-12-5-3-4-6-13(12)18-14-9-15(21)19(7-8-20)16(14)22/h3-6,9,11,17-18,20H,7-8,10H2,1-2H3. The van der Waals surface area contributed by atoms with Gasteiger partial charge in [0.2, 0.25) is 0 Å². The van der Waals surface area contributed by atoms with Crippen molar-refractivity contribution < 1.29 is 14.7 Å². The predicted octanol–water partition coefficient (Wildman–Crippen LogP) is 1.41. The lowest BCUT2D eigenvalue weighted by Gasteiger charge is -2.16. The van der Waals surface area contributed by atoms with Crippen LogP contribution >= 0.6 is 0 Å². The van der Waals surface area contributed by atoms with Gasteiger partial charge < -0.3 is 15.7 Å². The summed E-state index contributed by atoms with van der Waals surface area (Å²) in [4.78, 5) is 24.9. The highest BCUT2D eigenvalue weighted by Gasteiger charge is 2.30. The van der Waals surface area contributed by atoms with Gasteiger partial charge in [0, 0.05) is 12.6 Å². The molecular formula is C16H21N3O3. The highest BCUT2D eigenvalue weighted by atomic mass is 16.3. The van der Waals surface area contributed by atoms with Gasteiger partial charge in [-0.25, -0.2) is 0 Å². The molecule has 0 bridgehead atoms. The number of aliphatic hydroxyl groups excluding tert-OH is 1. The second kappa shape index (κ2) is 7.09. The monoisotopic (exact) mass is 303 g/mol. The fourth-order valence-corrected chi connectivity index (χ4v) is 2.12. The number of carbonyl (C=O) groups excluding carboxylic acids is 2. The van der Waals surface area contributed by atoms with Crippen molar-refractivity contribution in [1.29, 1.82) is 0 Å². The van der Waals surface area contributed by atoms with E-state index in [9.17, 15) is 9.59 Å². The molecule has 2 rings (SSSR count). The van der Waals surface area contributed by atoms with Gasteiger partial charge in [-0.2, -0.15) is 0 Å². The van der Waals surface area contributed by atoms with E-state index in [1.165, 1.54) is 6.08 Å². The van der Waals surface area contributed by atoms with Crippen molar-refractivity contribution in [2.45, 2.75) is 13.8 Å². The van der Waals surface area contributed by atoms with E-state index in [1.54, 1.807) is 0 Å². The zero-order valence-electron chi connectivity index (χ0n) is 12.8. The first kappa shape index (κ1) is 16.0. The molecule has 1 heterocycles. The Balaban J connectivity index is 2.13. The van der Waals surface area contributed by atoms with Gasteiger partial charge in [0.15, 0.2) is 0 Å². The number of carbonyl (C=O) groups is 2. The predicted molar refractivity (Wildman–Crippen MR) is 85.3 cm³/mol. The largest absolute Gasteiger partial charge is 0.395 e. The number of benzene rings is 1. The first-order chi connectivity index (χ1) is 10.5. The maximum absolute atomic E-state index is 12.1. The molecule has 0 aliphatic carbocycles. The first-order valence-corrected chi connectivity index (χ1v) is 7.31. The molecule has 6 nitrogen and oxygen atoms in total. The minimum absolute atomic E-state index is 0.00654. The minimum Gasteiger partial charge on any atom is -0.395 e. The number of amides is 2. The van der Waals surface area contributed by atoms with Crippen molar-refractivity contribution in [1.82, 2.24) is 4.90 Å².